The van der Waals surface area contributed by atoms with E-state index in [2.05, 4.69) is 29.6 Å². The summed E-state index contributed by atoms with van der Waals surface area (Å²) in [5.74, 6) is 0. The first-order valence-electron chi connectivity index (χ1n) is 9.81. The molecule has 2 heterocycles. The van der Waals surface area contributed by atoms with Crippen molar-refractivity contribution in [2.24, 2.45) is 0 Å². The second kappa shape index (κ2) is 25.5. The summed E-state index contributed by atoms with van der Waals surface area (Å²) in [4.78, 5) is 26.2. The first-order chi connectivity index (χ1) is 18.6. The van der Waals surface area contributed by atoms with Gasteiger partial charge in [0.15, 0.2) is 12.9 Å². The summed E-state index contributed by atoms with van der Waals surface area (Å²) in [6.45, 7) is 0.805. The Morgan fingerprint density at radius 1 is 0.927 bits per heavy atom. The zero-order chi connectivity index (χ0) is 31.9. The number of alkyl halides is 6. The molecule has 0 aromatic carbocycles. The molecule has 0 amide bonds. The SMILES string of the molecule is Cc1cc(C)n(C(=O)O)n1.Cc1cc(C)n(C(=O)OCC(F)(F)OF)n1.FCF.FCOC=C(F)F.FCOF.P. The van der Waals surface area contributed by atoms with E-state index >= 15 is 0 Å². The summed E-state index contributed by atoms with van der Waals surface area (Å²) >= 11 is 0. The molecule has 1 N–H and O–H groups in total. The van der Waals surface area contributed by atoms with E-state index in [1.807, 2.05) is 0 Å². The van der Waals surface area contributed by atoms with Crippen molar-refractivity contribution in [3.05, 3.63) is 47.3 Å². The van der Waals surface area contributed by atoms with Crippen molar-refractivity contribution in [1.82, 2.24) is 19.6 Å². The molecular formula is C19H27F10N4O7P. The van der Waals surface area contributed by atoms with Crippen molar-refractivity contribution in [2.45, 2.75) is 33.8 Å². The van der Waals surface area contributed by atoms with E-state index in [0.717, 1.165) is 15.1 Å². The monoisotopic (exact) mass is 644 g/mol. The van der Waals surface area contributed by atoms with Crippen molar-refractivity contribution in [1.29, 1.82) is 0 Å². The van der Waals surface area contributed by atoms with Gasteiger partial charge in [0.05, 0.1) is 11.4 Å². The van der Waals surface area contributed by atoms with E-state index in [1.54, 1.807) is 39.8 Å². The van der Waals surface area contributed by atoms with Crippen LogP contribution >= 0.6 is 9.90 Å². The number of hydrogen-bond donors (Lipinski definition) is 1. The van der Waals surface area contributed by atoms with Crippen LogP contribution in [0.2, 0.25) is 0 Å². The van der Waals surface area contributed by atoms with Crippen molar-refractivity contribution in [2.75, 3.05) is 27.3 Å². The van der Waals surface area contributed by atoms with E-state index < -0.39 is 51.6 Å². The number of aromatic nitrogens is 4. The lowest BCUT2D eigenvalue weighted by Crippen LogP contribution is -2.28. The molecule has 1 unspecified atom stereocenters. The molecule has 2 aromatic heterocycles. The number of halogens is 10. The maximum absolute atomic E-state index is 12.2. The molecule has 0 fully saturated rings. The average molecular weight is 644 g/mol. The van der Waals surface area contributed by atoms with Crippen molar-refractivity contribution >= 4 is 22.1 Å². The first kappa shape index (κ1) is 44.6. The minimum atomic E-state index is -4.15. The van der Waals surface area contributed by atoms with Crippen LogP contribution in [0.1, 0.15) is 22.8 Å². The van der Waals surface area contributed by atoms with Gasteiger partial charge in [-0.2, -0.15) is 52.0 Å². The van der Waals surface area contributed by atoms with Crippen LogP contribution in [-0.4, -0.2) is 70.2 Å². The number of carboxylic acid groups (broad SMARTS) is 1. The van der Waals surface area contributed by atoms with Crippen molar-refractivity contribution in [3.63, 3.8) is 0 Å². The summed E-state index contributed by atoms with van der Waals surface area (Å²) < 4.78 is 117. The van der Waals surface area contributed by atoms with E-state index in [4.69, 9.17) is 5.11 Å². The molecule has 41 heavy (non-hydrogen) atoms. The fraction of sp³-hybridized carbons (Fsp3) is 0.474. The molecule has 22 heteroatoms. The van der Waals surface area contributed by atoms with E-state index in [-0.39, 0.29) is 16.2 Å². The van der Waals surface area contributed by atoms with Crippen molar-refractivity contribution in [3.8, 4) is 0 Å². The smallest absolute Gasteiger partial charge is 0.435 e. The van der Waals surface area contributed by atoms with Crippen LogP contribution in [0, 0.1) is 27.7 Å². The molecule has 2 aromatic rings. The molecule has 0 saturated carbocycles. The van der Waals surface area contributed by atoms with Gasteiger partial charge in [-0.25, -0.2) is 27.2 Å². The predicted octanol–water partition coefficient (Wildman–Crippen LogP) is 6.43. The minimum absolute atomic E-state index is 0. The fourth-order valence-electron chi connectivity index (χ4n) is 1.96. The highest BCUT2D eigenvalue weighted by Gasteiger charge is 2.34. The van der Waals surface area contributed by atoms with Crippen LogP contribution in [-0.2, 0) is 19.4 Å². The highest BCUT2D eigenvalue weighted by Crippen LogP contribution is 2.16. The van der Waals surface area contributed by atoms with Crippen LogP contribution in [0.4, 0.5) is 53.8 Å². The molecule has 11 nitrogen and oxygen atoms in total. The second-order valence-corrected chi connectivity index (χ2v) is 6.23. The lowest BCUT2D eigenvalue weighted by Gasteiger charge is -2.10. The molecule has 0 aliphatic rings. The van der Waals surface area contributed by atoms with E-state index in [9.17, 15) is 53.8 Å². The molecular weight excluding hydrogens is 617 g/mol. The lowest BCUT2D eigenvalue weighted by molar-refractivity contribution is -0.363. The Morgan fingerprint density at radius 3 is 1.56 bits per heavy atom. The Morgan fingerprint density at radius 2 is 1.34 bits per heavy atom. The molecule has 0 bridgehead atoms. The summed E-state index contributed by atoms with van der Waals surface area (Å²) in [5, 5.41) is 15.9. The third kappa shape index (κ3) is 24.1. The minimum Gasteiger partial charge on any atom is -0.465 e. The zero-order valence-corrected chi connectivity index (χ0v) is 23.1. The van der Waals surface area contributed by atoms with Gasteiger partial charge in [0.25, 0.3) is 0 Å². The Bertz CT molecular complexity index is 1010. The highest BCUT2D eigenvalue weighted by atomic mass is 31.0. The molecule has 2 rings (SSSR count). The van der Waals surface area contributed by atoms with Crippen LogP contribution in [0.15, 0.2) is 24.5 Å². The number of hydrogen-bond acceptors (Lipinski definition) is 8. The molecule has 0 aliphatic carbocycles. The maximum Gasteiger partial charge on any atom is 0.435 e. The Labute approximate surface area is 229 Å². The second-order valence-electron chi connectivity index (χ2n) is 6.23. The topological polar surface area (TPSA) is 127 Å². The third-order valence-electron chi connectivity index (χ3n) is 3.13. The van der Waals surface area contributed by atoms with Gasteiger partial charge in [-0.05, 0) is 48.9 Å². The highest BCUT2D eigenvalue weighted by molar-refractivity contribution is 6.92. The molecule has 0 spiro atoms. The molecule has 240 valence electrons. The van der Waals surface area contributed by atoms with Gasteiger partial charge in [0.1, 0.15) is 0 Å². The van der Waals surface area contributed by atoms with Crippen LogP contribution in [0.5, 0.6) is 0 Å². The lowest BCUT2D eigenvalue weighted by atomic mass is 10.4. The Hall–Kier alpha value is -3.45. The van der Waals surface area contributed by atoms with Gasteiger partial charge in [-0.3, -0.25) is 0 Å². The quantitative estimate of drug-likeness (QED) is 0.215. The number of rotatable bonds is 6. The largest absolute Gasteiger partial charge is 0.465 e. The number of carbonyl (C=O) groups is 2. The van der Waals surface area contributed by atoms with Gasteiger partial charge in [0.2, 0.25) is 20.6 Å². The van der Waals surface area contributed by atoms with Gasteiger partial charge in [0, 0.05) is 11.4 Å². The first-order valence-corrected chi connectivity index (χ1v) is 9.81. The van der Waals surface area contributed by atoms with Gasteiger partial charge >= 0.3 is 24.4 Å². The standard InChI is InChI=1S/C8H9F3N2O3.C6H8N2O2.C3H3F3O.CH2F2O.CH2F2.H3P/c1-5-3-6(2)13(12-5)7(14)15-4-8(9,10)16-11;1-4-3-5(2)8(7-4)6(9)10;4-2-7-1-3(5)6;2-1-4-3;2-1-3;/h3H,4H2,1-2H3;3H,1-2H3,(H,9,10);1H,2H2;1H2;1H2;1H3. The van der Waals surface area contributed by atoms with E-state index in [0.29, 0.717) is 17.1 Å². The third-order valence-corrected chi connectivity index (χ3v) is 3.13. The molecule has 1 atom stereocenters. The molecule has 0 radical (unpaired) electrons. The van der Waals surface area contributed by atoms with Gasteiger partial charge < -0.3 is 14.6 Å². The Kier molecular flexibility index (Phi) is 27.7. The average Bonchev–Trinajstić information content (AvgIpc) is 3.41. The summed E-state index contributed by atoms with van der Waals surface area (Å²) in [5.41, 5.74) is 2.32. The summed E-state index contributed by atoms with van der Waals surface area (Å²) in [6.07, 6.45) is -8.28. The van der Waals surface area contributed by atoms with Gasteiger partial charge in [-0.1, -0.05) is 0 Å². The van der Waals surface area contributed by atoms with Crippen LogP contribution < -0.4 is 0 Å². The number of ether oxygens (including phenoxy) is 2. The fourth-order valence-corrected chi connectivity index (χ4v) is 1.96. The van der Waals surface area contributed by atoms with Crippen LogP contribution in [0.3, 0.4) is 0 Å². The maximum atomic E-state index is 12.2. The normalized spacial score (nSPS) is 9.41. The predicted molar refractivity (Wildman–Crippen MR) is 124 cm³/mol. The molecule has 0 saturated heterocycles. The van der Waals surface area contributed by atoms with Crippen LogP contribution in [0.25, 0.3) is 0 Å². The zero-order valence-electron chi connectivity index (χ0n) is 21.7. The molecule has 0 aliphatic heterocycles. The number of carbonyl (C=O) groups excluding carboxylic acids is 1. The number of nitrogens with zero attached hydrogens (tertiary/aromatic N) is 4. The van der Waals surface area contributed by atoms with Gasteiger partial charge in [-0.15, -0.1) is 4.94 Å². The summed E-state index contributed by atoms with van der Waals surface area (Å²) in [7, 11) is 0. The Balaban J connectivity index is -0.000000235. The number of aryl methyl sites for hydroxylation is 4. The summed E-state index contributed by atoms with van der Waals surface area (Å²) in [6, 6.07) is 3.28. The van der Waals surface area contributed by atoms with Crippen molar-refractivity contribution < 1.29 is 78.2 Å². The van der Waals surface area contributed by atoms with E-state index in [1.165, 1.54) is 0 Å².